The number of likely N-dealkylation sites (tertiary alicyclic amines) is 1. The van der Waals surface area contributed by atoms with E-state index in [1.54, 1.807) is 12.0 Å². The predicted molar refractivity (Wildman–Crippen MR) is 86.5 cm³/mol. The van der Waals surface area contributed by atoms with Gasteiger partial charge in [-0.3, -0.25) is 10.2 Å². The van der Waals surface area contributed by atoms with Crippen LogP contribution in [-0.2, 0) is 9.53 Å². The molecular formula is C17H30FN3O2. The molecule has 3 atom stereocenters. The predicted octanol–water partition coefficient (Wildman–Crippen LogP) is 1.63. The summed E-state index contributed by atoms with van der Waals surface area (Å²) in [6.45, 7) is 5.43. The summed E-state index contributed by atoms with van der Waals surface area (Å²) in [5.41, 5.74) is 5.49. The summed E-state index contributed by atoms with van der Waals surface area (Å²) in [5, 5.41) is 0. The van der Waals surface area contributed by atoms with Gasteiger partial charge in [-0.2, -0.15) is 0 Å². The van der Waals surface area contributed by atoms with Gasteiger partial charge in [-0.1, -0.05) is 26.7 Å². The summed E-state index contributed by atoms with van der Waals surface area (Å²) in [5.74, 6) is 0.422. The van der Waals surface area contributed by atoms with Crippen LogP contribution in [-0.4, -0.2) is 55.4 Å². The molecule has 3 aliphatic rings. The molecule has 132 valence electrons. The minimum absolute atomic E-state index is 0.0691. The minimum Gasteiger partial charge on any atom is -0.378 e. The zero-order valence-electron chi connectivity index (χ0n) is 14.5. The number of piperidine rings is 1. The Kier molecular flexibility index (Phi) is 4.69. The van der Waals surface area contributed by atoms with Crippen molar-refractivity contribution in [2.24, 2.45) is 11.3 Å². The molecule has 2 aliphatic heterocycles. The van der Waals surface area contributed by atoms with Crippen LogP contribution in [0.3, 0.4) is 0 Å². The number of alkyl halides is 1. The molecule has 1 unspecified atom stereocenters. The normalized spacial score (nSPS) is 38.2. The van der Waals surface area contributed by atoms with Crippen molar-refractivity contribution in [2.45, 2.75) is 63.8 Å². The Balaban J connectivity index is 1.81. The highest BCUT2D eigenvalue weighted by Crippen LogP contribution is 2.40. The van der Waals surface area contributed by atoms with Crippen molar-refractivity contribution in [2.75, 3.05) is 26.7 Å². The molecule has 1 amide bonds. The molecule has 5 nitrogen and oxygen atoms in total. The Morgan fingerprint density at radius 2 is 2.00 bits per heavy atom. The maximum Gasteiger partial charge on any atom is 0.244 e. The number of carbonyl (C=O) groups is 1. The molecule has 0 aromatic rings. The Labute approximate surface area is 138 Å². The third-order valence-electron chi connectivity index (χ3n) is 6.02. The van der Waals surface area contributed by atoms with E-state index >= 15 is 0 Å². The Morgan fingerprint density at radius 1 is 1.30 bits per heavy atom. The number of hydrogen-bond donors (Lipinski definition) is 2. The maximum atomic E-state index is 14.6. The van der Waals surface area contributed by atoms with Crippen molar-refractivity contribution < 1.29 is 13.9 Å². The largest absolute Gasteiger partial charge is 0.378 e. The van der Waals surface area contributed by atoms with Gasteiger partial charge in [-0.15, -0.1) is 0 Å². The van der Waals surface area contributed by atoms with Gasteiger partial charge in [0.25, 0.3) is 0 Å². The van der Waals surface area contributed by atoms with Gasteiger partial charge in [0, 0.05) is 25.6 Å². The van der Waals surface area contributed by atoms with Crippen LogP contribution >= 0.6 is 0 Å². The highest BCUT2D eigenvalue weighted by Gasteiger charge is 2.53. The van der Waals surface area contributed by atoms with E-state index in [-0.39, 0.29) is 17.9 Å². The van der Waals surface area contributed by atoms with Crippen LogP contribution < -0.4 is 10.9 Å². The van der Waals surface area contributed by atoms with Crippen molar-refractivity contribution in [3.8, 4) is 0 Å². The fraction of sp³-hybridized carbons (Fsp3) is 0.941. The topological polar surface area (TPSA) is 53.6 Å². The second-order valence-corrected chi connectivity index (χ2v) is 8.10. The lowest BCUT2D eigenvalue weighted by atomic mass is 9.76. The molecular weight excluding hydrogens is 297 g/mol. The van der Waals surface area contributed by atoms with E-state index in [1.807, 2.05) is 13.8 Å². The van der Waals surface area contributed by atoms with Gasteiger partial charge in [0.2, 0.25) is 5.91 Å². The van der Waals surface area contributed by atoms with Crippen LogP contribution in [0.15, 0.2) is 0 Å². The van der Waals surface area contributed by atoms with Crippen LogP contribution in [0.2, 0.25) is 0 Å². The van der Waals surface area contributed by atoms with Crippen LogP contribution in [0.1, 0.15) is 46.0 Å². The lowest BCUT2D eigenvalue weighted by Crippen LogP contribution is -2.65. The van der Waals surface area contributed by atoms with Gasteiger partial charge >= 0.3 is 0 Å². The van der Waals surface area contributed by atoms with E-state index in [4.69, 9.17) is 4.74 Å². The van der Waals surface area contributed by atoms with Crippen LogP contribution in [0.5, 0.6) is 0 Å². The van der Waals surface area contributed by atoms with Crippen molar-refractivity contribution >= 4 is 5.91 Å². The van der Waals surface area contributed by atoms with Gasteiger partial charge in [0.15, 0.2) is 0 Å². The summed E-state index contributed by atoms with van der Waals surface area (Å²) >= 11 is 0. The third kappa shape index (κ3) is 2.89. The SMILES string of the molecule is CO[C@@H]1[C@H](F)CN(C(=O)C2(C3CCCC3)CCNN2)CC1(C)C. The zero-order valence-corrected chi connectivity index (χ0v) is 14.5. The first kappa shape index (κ1) is 17.1. The fourth-order valence-corrected chi connectivity index (χ4v) is 4.95. The van der Waals surface area contributed by atoms with Gasteiger partial charge in [-0.05, 0) is 25.2 Å². The molecule has 0 spiro atoms. The summed E-state index contributed by atoms with van der Waals surface area (Å²) in [6.07, 6.45) is 3.73. The van der Waals surface area contributed by atoms with Crippen LogP contribution in [0.4, 0.5) is 4.39 Å². The molecule has 2 saturated heterocycles. The number of halogens is 1. The van der Waals surface area contributed by atoms with E-state index < -0.39 is 17.8 Å². The van der Waals surface area contributed by atoms with Crippen LogP contribution in [0, 0.1) is 11.3 Å². The lowest BCUT2D eigenvalue weighted by Gasteiger charge is -2.48. The number of nitrogens with zero attached hydrogens (tertiary/aromatic N) is 1. The Hall–Kier alpha value is -0.720. The van der Waals surface area contributed by atoms with E-state index in [0.717, 1.165) is 25.8 Å². The monoisotopic (exact) mass is 327 g/mol. The Bertz CT molecular complexity index is 445. The first-order chi connectivity index (χ1) is 10.9. The first-order valence-electron chi connectivity index (χ1n) is 8.87. The Morgan fingerprint density at radius 3 is 2.52 bits per heavy atom. The lowest BCUT2D eigenvalue weighted by molar-refractivity contribution is -0.155. The standard InChI is InChI=1S/C17H30FN3O2/c1-16(2)11-21(10-13(18)14(16)23-3)15(22)17(8-9-19-20-17)12-6-4-5-7-12/h12-14,19-20H,4-11H2,1-3H3/t13-,14-,17?/m1/s1. The van der Waals surface area contributed by atoms with Gasteiger partial charge < -0.3 is 9.64 Å². The molecule has 0 bridgehead atoms. The third-order valence-corrected chi connectivity index (χ3v) is 6.02. The molecule has 2 N–H and O–H groups in total. The molecule has 23 heavy (non-hydrogen) atoms. The minimum atomic E-state index is -1.14. The number of carbonyl (C=O) groups excluding carboxylic acids is 1. The van der Waals surface area contributed by atoms with Gasteiger partial charge in [0.1, 0.15) is 11.7 Å². The number of hydrogen-bond acceptors (Lipinski definition) is 4. The molecule has 6 heteroatoms. The number of hydrazine groups is 1. The zero-order chi connectivity index (χ0) is 16.7. The highest BCUT2D eigenvalue weighted by molar-refractivity contribution is 5.87. The average Bonchev–Trinajstić information content (AvgIpc) is 3.17. The molecule has 3 rings (SSSR count). The van der Waals surface area contributed by atoms with Crippen molar-refractivity contribution in [3.05, 3.63) is 0 Å². The number of amides is 1. The smallest absolute Gasteiger partial charge is 0.244 e. The number of ether oxygens (including phenoxy) is 1. The summed E-state index contributed by atoms with van der Waals surface area (Å²) in [6, 6.07) is 0. The van der Waals surface area contributed by atoms with E-state index in [9.17, 15) is 9.18 Å². The second kappa shape index (κ2) is 6.30. The van der Waals surface area contributed by atoms with E-state index in [1.165, 1.54) is 12.8 Å². The molecule has 0 aromatic heterocycles. The summed E-state index contributed by atoms with van der Waals surface area (Å²) < 4.78 is 19.9. The summed E-state index contributed by atoms with van der Waals surface area (Å²) in [4.78, 5) is 15.1. The van der Waals surface area contributed by atoms with Gasteiger partial charge in [-0.25, -0.2) is 9.82 Å². The fourth-order valence-electron chi connectivity index (χ4n) is 4.95. The van der Waals surface area contributed by atoms with E-state index in [2.05, 4.69) is 10.9 Å². The molecule has 0 aromatic carbocycles. The summed E-state index contributed by atoms with van der Waals surface area (Å²) in [7, 11) is 1.55. The molecule has 3 fully saturated rings. The number of methoxy groups -OCH3 is 1. The average molecular weight is 327 g/mol. The van der Waals surface area contributed by atoms with Crippen molar-refractivity contribution in [1.29, 1.82) is 0 Å². The van der Waals surface area contributed by atoms with E-state index in [0.29, 0.717) is 12.5 Å². The van der Waals surface area contributed by atoms with Gasteiger partial charge in [0.05, 0.1) is 12.6 Å². The quantitative estimate of drug-likeness (QED) is 0.827. The molecule has 2 heterocycles. The first-order valence-corrected chi connectivity index (χ1v) is 8.87. The molecule has 1 saturated carbocycles. The highest BCUT2D eigenvalue weighted by atomic mass is 19.1. The van der Waals surface area contributed by atoms with Crippen molar-refractivity contribution in [1.82, 2.24) is 15.8 Å². The maximum absolute atomic E-state index is 14.6. The molecule has 0 radical (unpaired) electrons. The second-order valence-electron chi connectivity index (χ2n) is 8.10. The van der Waals surface area contributed by atoms with Crippen molar-refractivity contribution in [3.63, 3.8) is 0 Å². The number of nitrogens with one attached hydrogen (secondary N) is 2. The molecule has 1 aliphatic carbocycles. The number of rotatable bonds is 3. The van der Waals surface area contributed by atoms with Crippen LogP contribution in [0.25, 0.3) is 0 Å².